The molecule has 0 spiro atoms. The molecular formula is C21H21N3O3. The van der Waals surface area contributed by atoms with E-state index in [1.165, 1.54) is 0 Å². The second-order valence-electron chi connectivity index (χ2n) is 6.62. The number of para-hydroxylation sites is 2. The lowest BCUT2D eigenvalue weighted by molar-refractivity contribution is -0.117. The normalized spacial score (nSPS) is 14.0. The minimum atomic E-state index is -0.127. The van der Waals surface area contributed by atoms with Crippen molar-refractivity contribution >= 4 is 34.1 Å². The van der Waals surface area contributed by atoms with E-state index in [-0.39, 0.29) is 18.2 Å². The Kier molecular flexibility index (Phi) is 4.54. The molecule has 2 amide bonds. The van der Waals surface area contributed by atoms with Gasteiger partial charge in [-0.3, -0.25) is 9.59 Å². The molecule has 6 heteroatoms. The van der Waals surface area contributed by atoms with Crippen LogP contribution in [0.2, 0.25) is 0 Å². The molecule has 6 nitrogen and oxygen atoms in total. The average molecular weight is 363 g/mol. The highest BCUT2D eigenvalue weighted by atomic mass is 16.5. The predicted octanol–water partition coefficient (Wildman–Crippen LogP) is 3.48. The van der Waals surface area contributed by atoms with Gasteiger partial charge in [-0.1, -0.05) is 12.1 Å². The summed E-state index contributed by atoms with van der Waals surface area (Å²) in [4.78, 5) is 29.7. The van der Waals surface area contributed by atoms with Crippen LogP contribution in [-0.2, 0) is 16.0 Å². The van der Waals surface area contributed by atoms with Crippen LogP contribution in [-0.4, -0.2) is 30.5 Å². The zero-order valence-electron chi connectivity index (χ0n) is 15.1. The number of fused-ring (bicyclic) bond motifs is 1. The molecule has 0 aliphatic carbocycles. The molecule has 0 radical (unpaired) electrons. The first-order valence-corrected chi connectivity index (χ1v) is 8.99. The van der Waals surface area contributed by atoms with Gasteiger partial charge in [0.05, 0.1) is 24.9 Å². The Morgan fingerprint density at radius 2 is 2.11 bits per heavy atom. The Labute approximate surface area is 157 Å². The van der Waals surface area contributed by atoms with Gasteiger partial charge in [0.15, 0.2) is 0 Å². The van der Waals surface area contributed by atoms with E-state index in [0.717, 1.165) is 34.3 Å². The average Bonchev–Trinajstić information content (AvgIpc) is 3.28. The molecule has 4 rings (SSSR count). The summed E-state index contributed by atoms with van der Waals surface area (Å²) in [5.41, 5.74) is 3.28. The van der Waals surface area contributed by atoms with E-state index in [4.69, 9.17) is 4.74 Å². The first-order chi connectivity index (χ1) is 13.2. The number of anilines is 2. The molecule has 2 heterocycles. The van der Waals surface area contributed by atoms with Gasteiger partial charge in [-0.2, -0.15) is 0 Å². The maximum absolute atomic E-state index is 12.7. The molecule has 1 saturated heterocycles. The van der Waals surface area contributed by atoms with Crippen LogP contribution in [0.3, 0.4) is 0 Å². The van der Waals surface area contributed by atoms with Gasteiger partial charge in [0.1, 0.15) is 5.75 Å². The molecule has 3 aromatic rings. The standard InChI is InChI=1S/C21H21N3O3/c1-27-15-8-9-17-16(12-15)14(13-22-17)11-20(25)23-18-5-2-3-6-19(18)24-10-4-7-21(24)26/h2-3,5-6,8-9,12-13,22H,4,7,10-11H2,1H3,(H,23,25). The van der Waals surface area contributed by atoms with Crippen molar-refractivity contribution in [3.8, 4) is 5.75 Å². The quantitative estimate of drug-likeness (QED) is 0.729. The zero-order valence-corrected chi connectivity index (χ0v) is 15.1. The summed E-state index contributed by atoms with van der Waals surface area (Å²) in [6, 6.07) is 13.2. The number of ether oxygens (including phenoxy) is 1. The molecule has 138 valence electrons. The number of aromatic nitrogens is 1. The van der Waals surface area contributed by atoms with E-state index in [1.54, 1.807) is 12.0 Å². The number of rotatable bonds is 5. The summed E-state index contributed by atoms with van der Waals surface area (Å²) in [6.07, 6.45) is 3.48. The van der Waals surface area contributed by atoms with E-state index in [9.17, 15) is 9.59 Å². The molecule has 2 aromatic carbocycles. The molecule has 0 bridgehead atoms. The van der Waals surface area contributed by atoms with Crippen molar-refractivity contribution in [3.63, 3.8) is 0 Å². The summed E-state index contributed by atoms with van der Waals surface area (Å²) in [6.45, 7) is 0.688. The van der Waals surface area contributed by atoms with Crippen molar-refractivity contribution in [2.45, 2.75) is 19.3 Å². The van der Waals surface area contributed by atoms with Gasteiger partial charge in [0, 0.05) is 30.1 Å². The third-order valence-corrected chi connectivity index (χ3v) is 4.87. The number of nitrogens with zero attached hydrogens (tertiary/aromatic N) is 1. The van der Waals surface area contributed by atoms with E-state index in [2.05, 4.69) is 10.3 Å². The molecule has 1 fully saturated rings. The molecule has 0 saturated carbocycles. The maximum Gasteiger partial charge on any atom is 0.228 e. The van der Waals surface area contributed by atoms with Crippen molar-refractivity contribution in [2.75, 3.05) is 23.9 Å². The summed E-state index contributed by atoms with van der Waals surface area (Å²) >= 11 is 0. The second-order valence-corrected chi connectivity index (χ2v) is 6.62. The van der Waals surface area contributed by atoms with Gasteiger partial charge >= 0.3 is 0 Å². The van der Waals surface area contributed by atoms with Crippen molar-refractivity contribution in [3.05, 3.63) is 54.2 Å². The van der Waals surface area contributed by atoms with Crippen LogP contribution in [0.5, 0.6) is 5.75 Å². The van der Waals surface area contributed by atoms with Crippen molar-refractivity contribution < 1.29 is 14.3 Å². The fourth-order valence-electron chi connectivity index (χ4n) is 3.52. The second kappa shape index (κ2) is 7.15. The molecule has 27 heavy (non-hydrogen) atoms. The highest BCUT2D eigenvalue weighted by Crippen LogP contribution is 2.30. The minimum Gasteiger partial charge on any atom is -0.497 e. The third kappa shape index (κ3) is 3.38. The molecule has 0 unspecified atom stereocenters. The molecule has 1 aromatic heterocycles. The monoisotopic (exact) mass is 363 g/mol. The minimum absolute atomic E-state index is 0.0976. The van der Waals surface area contributed by atoms with Gasteiger partial charge in [-0.15, -0.1) is 0 Å². The van der Waals surface area contributed by atoms with Gasteiger partial charge in [0.2, 0.25) is 11.8 Å². The Balaban J connectivity index is 1.55. The Bertz CT molecular complexity index is 1010. The van der Waals surface area contributed by atoms with Gasteiger partial charge < -0.3 is 19.9 Å². The summed E-state index contributed by atoms with van der Waals surface area (Å²) in [5, 5.41) is 3.93. The van der Waals surface area contributed by atoms with E-state index < -0.39 is 0 Å². The Hall–Kier alpha value is -3.28. The lowest BCUT2D eigenvalue weighted by atomic mass is 10.1. The van der Waals surface area contributed by atoms with Crippen molar-refractivity contribution in [1.82, 2.24) is 4.98 Å². The number of benzene rings is 2. The highest BCUT2D eigenvalue weighted by molar-refractivity contribution is 6.03. The number of H-pyrrole nitrogens is 1. The lowest BCUT2D eigenvalue weighted by Crippen LogP contribution is -2.25. The third-order valence-electron chi connectivity index (χ3n) is 4.87. The molecule has 2 N–H and O–H groups in total. The first kappa shape index (κ1) is 17.1. The summed E-state index contributed by atoms with van der Waals surface area (Å²) < 4.78 is 5.28. The first-order valence-electron chi connectivity index (χ1n) is 8.99. The van der Waals surface area contributed by atoms with E-state index in [1.807, 2.05) is 48.7 Å². The van der Waals surface area contributed by atoms with Crippen LogP contribution < -0.4 is 15.0 Å². The molecular weight excluding hydrogens is 342 g/mol. The van der Waals surface area contributed by atoms with E-state index in [0.29, 0.717) is 18.7 Å². The highest BCUT2D eigenvalue weighted by Gasteiger charge is 2.24. The summed E-state index contributed by atoms with van der Waals surface area (Å²) in [7, 11) is 1.62. The largest absolute Gasteiger partial charge is 0.497 e. The summed E-state index contributed by atoms with van der Waals surface area (Å²) in [5.74, 6) is 0.722. The van der Waals surface area contributed by atoms with Crippen LogP contribution in [0.25, 0.3) is 10.9 Å². The topological polar surface area (TPSA) is 74.4 Å². The number of hydrogen-bond donors (Lipinski definition) is 2. The fourth-order valence-corrected chi connectivity index (χ4v) is 3.52. The lowest BCUT2D eigenvalue weighted by Gasteiger charge is -2.20. The van der Waals surface area contributed by atoms with Crippen LogP contribution in [0.1, 0.15) is 18.4 Å². The predicted molar refractivity (Wildman–Crippen MR) is 105 cm³/mol. The number of aromatic amines is 1. The van der Waals surface area contributed by atoms with Gasteiger partial charge in [0.25, 0.3) is 0 Å². The molecule has 1 aliphatic rings. The van der Waals surface area contributed by atoms with Crippen LogP contribution in [0, 0.1) is 0 Å². The Morgan fingerprint density at radius 3 is 2.89 bits per heavy atom. The number of methoxy groups -OCH3 is 1. The SMILES string of the molecule is COc1ccc2[nH]cc(CC(=O)Nc3ccccc3N3CCCC3=O)c2c1. The van der Waals surface area contributed by atoms with Crippen molar-refractivity contribution in [2.24, 2.45) is 0 Å². The van der Waals surface area contributed by atoms with Crippen LogP contribution in [0.15, 0.2) is 48.7 Å². The number of nitrogens with one attached hydrogen (secondary N) is 2. The van der Waals surface area contributed by atoms with Crippen LogP contribution in [0.4, 0.5) is 11.4 Å². The number of carbonyl (C=O) groups is 2. The van der Waals surface area contributed by atoms with Gasteiger partial charge in [-0.25, -0.2) is 0 Å². The molecule has 0 atom stereocenters. The van der Waals surface area contributed by atoms with Gasteiger partial charge in [-0.05, 0) is 42.3 Å². The van der Waals surface area contributed by atoms with E-state index >= 15 is 0 Å². The fraction of sp³-hybridized carbons (Fsp3) is 0.238. The smallest absolute Gasteiger partial charge is 0.228 e. The molecule has 1 aliphatic heterocycles. The number of carbonyl (C=O) groups excluding carboxylic acids is 2. The Morgan fingerprint density at radius 1 is 1.26 bits per heavy atom. The van der Waals surface area contributed by atoms with Crippen molar-refractivity contribution in [1.29, 1.82) is 0 Å². The zero-order chi connectivity index (χ0) is 18.8. The number of hydrogen-bond acceptors (Lipinski definition) is 3. The maximum atomic E-state index is 12.7. The van der Waals surface area contributed by atoms with Crippen LogP contribution >= 0.6 is 0 Å². The number of amides is 2.